The lowest BCUT2D eigenvalue weighted by Gasteiger charge is -2.34. The number of hydrogen-bond donors (Lipinski definition) is 1. The van der Waals surface area contributed by atoms with Crippen LogP contribution in [0.3, 0.4) is 0 Å². The third-order valence-electron chi connectivity index (χ3n) is 4.06. The highest BCUT2D eigenvalue weighted by molar-refractivity contribution is 7.99. The monoisotopic (exact) mass is 379 g/mol. The van der Waals surface area contributed by atoms with Gasteiger partial charge in [-0.3, -0.25) is 9.59 Å². The standard InChI is InChI=1S/C17H18ClN3O3S/c1-11-7-15(19-21(11)13-4-2-3-12(18)8-13)17(24)20-5-6-25-10-14(20)9-16(22)23/h2-4,7-8,14H,5-6,9-10H2,1H3,(H,22,23). The summed E-state index contributed by atoms with van der Waals surface area (Å²) in [5.41, 5.74) is 1.91. The summed E-state index contributed by atoms with van der Waals surface area (Å²) < 4.78 is 1.67. The molecule has 1 atom stereocenters. The van der Waals surface area contributed by atoms with E-state index in [1.807, 2.05) is 19.1 Å². The summed E-state index contributed by atoms with van der Waals surface area (Å²) in [7, 11) is 0. The van der Waals surface area contributed by atoms with Gasteiger partial charge in [-0.25, -0.2) is 4.68 Å². The van der Waals surface area contributed by atoms with Gasteiger partial charge in [0.2, 0.25) is 0 Å². The maximum absolute atomic E-state index is 12.9. The van der Waals surface area contributed by atoms with E-state index in [4.69, 9.17) is 16.7 Å². The number of aromatic nitrogens is 2. The molecule has 1 aliphatic heterocycles. The van der Waals surface area contributed by atoms with Crippen LogP contribution < -0.4 is 0 Å². The zero-order chi connectivity index (χ0) is 18.0. The molecule has 2 heterocycles. The van der Waals surface area contributed by atoms with E-state index in [-0.39, 0.29) is 18.4 Å². The Labute approximate surface area is 154 Å². The zero-order valence-corrected chi connectivity index (χ0v) is 15.3. The summed E-state index contributed by atoms with van der Waals surface area (Å²) in [5, 5.41) is 14.1. The fourth-order valence-corrected chi connectivity index (χ4v) is 4.14. The van der Waals surface area contributed by atoms with Crippen molar-refractivity contribution in [3.8, 4) is 5.69 Å². The van der Waals surface area contributed by atoms with E-state index in [0.717, 1.165) is 17.1 Å². The highest BCUT2D eigenvalue weighted by Crippen LogP contribution is 2.22. The minimum absolute atomic E-state index is 0.0489. The lowest BCUT2D eigenvalue weighted by molar-refractivity contribution is -0.138. The van der Waals surface area contributed by atoms with Crippen molar-refractivity contribution in [1.82, 2.24) is 14.7 Å². The Balaban J connectivity index is 1.87. The number of thioether (sulfide) groups is 1. The number of halogens is 1. The van der Waals surface area contributed by atoms with E-state index in [0.29, 0.717) is 23.0 Å². The Morgan fingerprint density at radius 1 is 1.40 bits per heavy atom. The van der Waals surface area contributed by atoms with Crippen LogP contribution >= 0.6 is 23.4 Å². The minimum atomic E-state index is -0.897. The van der Waals surface area contributed by atoms with Gasteiger partial charge in [-0.1, -0.05) is 17.7 Å². The van der Waals surface area contributed by atoms with Crippen molar-refractivity contribution in [2.24, 2.45) is 0 Å². The van der Waals surface area contributed by atoms with Crippen molar-refractivity contribution in [3.05, 3.63) is 46.7 Å². The van der Waals surface area contributed by atoms with Crippen LogP contribution in [0.5, 0.6) is 0 Å². The highest BCUT2D eigenvalue weighted by atomic mass is 35.5. The average molecular weight is 380 g/mol. The number of amides is 1. The van der Waals surface area contributed by atoms with Gasteiger partial charge in [-0.15, -0.1) is 0 Å². The molecule has 25 heavy (non-hydrogen) atoms. The summed E-state index contributed by atoms with van der Waals surface area (Å²) in [6.45, 7) is 2.40. The fraction of sp³-hybridized carbons (Fsp3) is 0.353. The van der Waals surface area contributed by atoms with Gasteiger partial charge in [-0.2, -0.15) is 16.9 Å². The van der Waals surface area contributed by atoms with Gasteiger partial charge < -0.3 is 10.0 Å². The van der Waals surface area contributed by atoms with Crippen LogP contribution in [0.4, 0.5) is 0 Å². The Kier molecular flexibility index (Phi) is 5.34. The molecule has 0 saturated carbocycles. The van der Waals surface area contributed by atoms with Crippen LogP contribution in [0.15, 0.2) is 30.3 Å². The normalized spacial score (nSPS) is 17.5. The molecule has 1 amide bonds. The molecule has 8 heteroatoms. The second kappa shape index (κ2) is 7.49. The van der Waals surface area contributed by atoms with Gasteiger partial charge in [0, 0.05) is 28.8 Å². The van der Waals surface area contributed by atoms with Gasteiger partial charge in [0.05, 0.1) is 18.2 Å². The first kappa shape index (κ1) is 17.8. The SMILES string of the molecule is Cc1cc(C(=O)N2CCSCC2CC(=O)O)nn1-c1cccc(Cl)c1. The molecular weight excluding hydrogens is 362 g/mol. The molecule has 132 valence electrons. The molecule has 6 nitrogen and oxygen atoms in total. The predicted octanol–water partition coefficient (Wildman–Crippen LogP) is 2.87. The third kappa shape index (κ3) is 3.99. The number of hydrogen-bond acceptors (Lipinski definition) is 4. The summed E-state index contributed by atoms with van der Waals surface area (Å²) in [5.74, 6) is 0.309. The van der Waals surface area contributed by atoms with Crippen molar-refractivity contribution in [3.63, 3.8) is 0 Å². The molecule has 3 rings (SSSR count). The summed E-state index contributed by atoms with van der Waals surface area (Å²) >= 11 is 7.70. The lowest BCUT2D eigenvalue weighted by Crippen LogP contribution is -2.47. The van der Waals surface area contributed by atoms with Crippen LogP contribution in [-0.2, 0) is 4.79 Å². The van der Waals surface area contributed by atoms with Crippen molar-refractivity contribution in [1.29, 1.82) is 0 Å². The molecule has 2 aromatic rings. The molecule has 1 aliphatic rings. The number of aryl methyl sites for hydroxylation is 1. The molecule has 1 fully saturated rings. The van der Waals surface area contributed by atoms with Gasteiger partial charge >= 0.3 is 5.97 Å². The van der Waals surface area contributed by atoms with E-state index >= 15 is 0 Å². The van der Waals surface area contributed by atoms with E-state index in [1.54, 1.807) is 39.5 Å². The Hall–Kier alpha value is -1.99. The first-order chi connectivity index (χ1) is 12.0. The molecule has 1 aromatic heterocycles. The third-order valence-corrected chi connectivity index (χ3v) is 5.38. The number of carboxylic acids is 1. The van der Waals surface area contributed by atoms with Gasteiger partial charge in [0.25, 0.3) is 5.91 Å². The van der Waals surface area contributed by atoms with Crippen LogP contribution in [0.2, 0.25) is 5.02 Å². The molecule has 1 saturated heterocycles. The van der Waals surface area contributed by atoms with Crippen molar-refractivity contribution in [2.45, 2.75) is 19.4 Å². The molecule has 1 N–H and O–H groups in total. The molecule has 0 radical (unpaired) electrons. The van der Waals surface area contributed by atoms with Crippen molar-refractivity contribution in [2.75, 3.05) is 18.1 Å². The summed E-state index contributed by atoms with van der Waals surface area (Å²) in [6.07, 6.45) is -0.0489. The van der Waals surface area contributed by atoms with E-state index in [2.05, 4.69) is 5.10 Å². The van der Waals surface area contributed by atoms with Crippen LogP contribution in [-0.4, -0.2) is 55.8 Å². The van der Waals surface area contributed by atoms with E-state index in [1.165, 1.54) is 0 Å². The summed E-state index contributed by atoms with van der Waals surface area (Å²) in [6, 6.07) is 8.66. The van der Waals surface area contributed by atoms with Crippen LogP contribution in [0.1, 0.15) is 22.6 Å². The maximum Gasteiger partial charge on any atom is 0.305 e. The average Bonchev–Trinajstić information content (AvgIpc) is 2.96. The number of rotatable bonds is 4. The zero-order valence-electron chi connectivity index (χ0n) is 13.7. The Morgan fingerprint density at radius 3 is 2.92 bits per heavy atom. The molecule has 0 bridgehead atoms. The van der Waals surface area contributed by atoms with Gasteiger partial charge in [0.1, 0.15) is 0 Å². The number of carboxylic acid groups (broad SMARTS) is 1. The molecule has 0 aliphatic carbocycles. The molecule has 1 aromatic carbocycles. The minimum Gasteiger partial charge on any atom is -0.481 e. The second-order valence-corrected chi connectivity index (χ2v) is 7.47. The van der Waals surface area contributed by atoms with Crippen molar-refractivity contribution < 1.29 is 14.7 Å². The van der Waals surface area contributed by atoms with Crippen LogP contribution in [0.25, 0.3) is 5.69 Å². The molecule has 1 unspecified atom stereocenters. The van der Waals surface area contributed by atoms with Gasteiger partial charge in [-0.05, 0) is 31.2 Å². The largest absolute Gasteiger partial charge is 0.481 e. The quantitative estimate of drug-likeness (QED) is 0.884. The number of carbonyl (C=O) groups is 2. The maximum atomic E-state index is 12.9. The summed E-state index contributed by atoms with van der Waals surface area (Å²) in [4.78, 5) is 25.6. The first-order valence-electron chi connectivity index (χ1n) is 7.89. The topological polar surface area (TPSA) is 75.4 Å². The Morgan fingerprint density at radius 2 is 2.20 bits per heavy atom. The molecular formula is C17H18ClN3O3S. The Bertz CT molecular complexity index is 808. The smallest absolute Gasteiger partial charge is 0.305 e. The molecule has 0 spiro atoms. The van der Waals surface area contributed by atoms with Crippen LogP contribution in [0, 0.1) is 6.92 Å². The van der Waals surface area contributed by atoms with Crippen molar-refractivity contribution >= 4 is 35.2 Å². The number of aliphatic carboxylic acids is 1. The predicted molar refractivity (Wildman–Crippen MR) is 97.7 cm³/mol. The second-order valence-electron chi connectivity index (χ2n) is 5.89. The number of carbonyl (C=O) groups excluding carboxylic acids is 1. The van der Waals surface area contributed by atoms with Gasteiger partial charge in [0.15, 0.2) is 5.69 Å². The number of nitrogens with zero attached hydrogens (tertiary/aromatic N) is 3. The fourth-order valence-electron chi connectivity index (χ4n) is 2.89. The lowest BCUT2D eigenvalue weighted by atomic mass is 10.2. The van der Waals surface area contributed by atoms with E-state index < -0.39 is 5.97 Å². The van der Waals surface area contributed by atoms with E-state index in [9.17, 15) is 9.59 Å². The number of benzene rings is 1. The highest BCUT2D eigenvalue weighted by Gasteiger charge is 2.31. The first-order valence-corrected chi connectivity index (χ1v) is 9.42.